The third-order valence-electron chi connectivity index (χ3n) is 1.82. The molecular formula is C9H17NO2. The van der Waals surface area contributed by atoms with Gasteiger partial charge in [-0.2, -0.15) is 0 Å². The van der Waals surface area contributed by atoms with Crippen LogP contribution in [0.25, 0.3) is 0 Å². The first kappa shape index (κ1) is 11.2. The summed E-state index contributed by atoms with van der Waals surface area (Å²) in [6.45, 7) is 5.70. The summed E-state index contributed by atoms with van der Waals surface area (Å²) in [6.07, 6.45) is 1.74. The third kappa shape index (κ3) is 3.53. The van der Waals surface area contributed by atoms with Crippen molar-refractivity contribution in [2.75, 3.05) is 7.05 Å². The van der Waals surface area contributed by atoms with E-state index in [0.29, 0.717) is 11.5 Å². The van der Waals surface area contributed by atoms with Gasteiger partial charge in [0.25, 0.3) is 0 Å². The second-order valence-corrected chi connectivity index (χ2v) is 3.21. The lowest BCUT2D eigenvalue weighted by Gasteiger charge is -2.16. The second-order valence-electron chi connectivity index (χ2n) is 3.21. The quantitative estimate of drug-likeness (QED) is 0.626. The topological polar surface area (TPSA) is 49.3 Å². The van der Waals surface area contributed by atoms with E-state index in [-0.39, 0.29) is 6.04 Å². The van der Waals surface area contributed by atoms with Crippen LogP contribution in [-0.2, 0) is 4.79 Å². The number of likely N-dealkylation sites (N-methyl/N-ethyl adjacent to an activating group) is 1. The van der Waals surface area contributed by atoms with Crippen molar-refractivity contribution < 1.29 is 9.90 Å². The van der Waals surface area contributed by atoms with Gasteiger partial charge < -0.3 is 10.4 Å². The van der Waals surface area contributed by atoms with E-state index in [9.17, 15) is 4.79 Å². The molecule has 0 aliphatic carbocycles. The molecule has 0 radical (unpaired) electrons. The number of hydrogen-bond acceptors (Lipinski definition) is 2. The lowest BCUT2D eigenvalue weighted by atomic mass is 10.0. The lowest BCUT2D eigenvalue weighted by molar-refractivity contribution is -0.132. The molecule has 0 saturated heterocycles. The van der Waals surface area contributed by atoms with Crippen LogP contribution in [0, 0.1) is 5.92 Å². The Kier molecular flexibility index (Phi) is 4.59. The molecule has 12 heavy (non-hydrogen) atoms. The molecule has 0 saturated carbocycles. The summed E-state index contributed by atoms with van der Waals surface area (Å²) in [5, 5.41) is 11.7. The van der Waals surface area contributed by atoms with Crippen molar-refractivity contribution in [3.63, 3.8) is 0 Å². The van der Waals surface area contributed by atoms with E-state index >= 15 is 0 Å². The van der Waals surface area contributed by atoms with Crippen LogP contribution in [-0.4, -0.2) is 24.2 Å². The van der Waals surface area contributed by atoms with Crippen LogP contribution < -0.4 is 5.32 Å². The standard InChI is InChI=1S/C9H17NO2/c1-6(2)8(10-4)5-7(3)9(11)12/h5-6,8,10H,1-4H3,(H,11,12)/b7-5+/t8-/m0/s1. The molecule has 0 spiro atoms. The maximum Gasteiger partial charge on any atom is 0.331 e. The van der Waals surface area contributed by atoms with Gasteiger partial charge in [0.2, 0.25) is 0 Å². The smallest absolute Gasteiger partial charge is 0.331 e. The molecule has 0 aromatic carbocycles. The van der Waals surface area contributed by atoms with Crippen molar-refractivity contribution in [1.82, 2.24) is 5.32 Å². The predicted molar refractivity (Wildman–Crippen MR) is 49.1 cm³/mol. The average molecular weight is 171 g/mol. The number of carboxylic acids is 1. The Bertz CT molecular complexity index is 185. The Labute approximate surface area is 73.5 Å². The fourth-order valence-corrected chi connectivity index (χ4v) is 0.950. The molecule has 0 rings (SSSR count). The SMILES string of the molecule is CN[C@@H](/C=C(\C)C(=O)O)C(C)C. The van der Waals surface area contributed by atoms with Crippen molar-refractivity contribution in [2.45, 2.75) is 26.8 Å². The molecule has 2 N–H and O–H groups in total. The van der Waals surface area contributed by atoms with Gasteiger partial charge in [0.15, 0.2) is 0 Å². The Morgan fingerprint density at radius 1 is 1.50 bits per heavy atom. The molecule has 0 amide bonds. The zero-order chi connectivity index (χ0) is 9.72. The van der Waals surface area contributed by atoms with Crippen LogP contribution in [0.1, 0.15) is 20.8 Å². The third-order valence-corrected chi connectivity index (χ3v) is 1.82. The summed E-state index contributed by atoms with van der Waals surface area (Å²) in [6, 6.07) is 0.140. The molecule has 0 bridgehead atoms. The minimum atomic E-state index is -0.851. The van der Waals surface area contributed by atoms with E-state index in [0.717, 1.165) is 0 Å². The molecule has 3 nitrogen and oxygen atoms in total. The molecule has 0 heterocycles. The maximum absolute atomic E-state index is 10.5. The van der Waals surface area contributed by atoms with E-state index in [1.54, 1.807) is 13.0 Å². The minimum absolute atomic E-state index is 0.140. The zero-order valence-corrected chi connectivity index (χ0v) is 8.09. The first-order chi connectivity index (χ1) is 5.49. The summed E-state index contributed by atoms with van der Waals surface area (Å²) < 4.78 is 0. The Hall–Kier alpha value is -0.830. The molecule has 0 aromatic heterocycles. The van der Waals surface area contributed by atoms with Crippen molar-refractivity contribution in [2.24, 2.45) is 5.92 Å². The summed E-state index contributed by atoms with van der Waals surface area (Å²) in [5.74, 6) is -0.444. The van der Waals surface area contributed by atoms with E-state index in [1.807, 2.05) is 20.9 Å². The average Bonchev–Trinajstić information content (AvgIpc) is 1.98. The second kappa shape index (κ2) is 4.93. The lowest BCUT2D eigenvalue weighted by Crippen LogP contribution is -2.29. The van der Waals surface area contributed by atoms with Crippen molar-refractivity contribution in [3.8, 4) is 0 Å². The molecule has 1 atom stereocenters. The Morgan fingerprint density at radius 3 is 2.25 bits per heavy atom. The summed E-state index contributed by atoms with van der Waals surface area (Å²) in [7, 11) is 1.83. The molecular weight excluding hydrogens is 154 g/mol. The summed E-state index contributed by atoms with van der Waals surface area (Å²) in [4.78, 5) is 10.5. The largest absolute Gasteiger partial charge is 0.478 e. The number of carboxylic acid groups (broad SMARTS) is 1. The van der Waals surface area contributed by atoms with Gasteiger partial charge in [-0.3, -0.25) is 0 Å². The molecule has 3 heteroatoms. The number of nitrogens with one attached hydrogen (secondary N) is 1. The van der Waals surface area contributed by atoms with Gasteiger partial charge in [0.05, 0.1) is 0 Å². The molecule has 0 aliphatic rings. The first-order valence-electron chi connectivity index (χ1n) is 4.08. The highest BCUT2D eigenvalue weighted by atomic mass is 16.4. The highest BCUT2D eigenvalue weighted by molar-refractivity contribution is 5.85. The van der Waals surface area contributed by atoms with Crippen LogP contribution in [0.5, 0.6) is 0 Å². The van der Waals surface area contributed by atoms with E-state index in [1.165, 1.54) is 0 Å². The summed E-state index contributed by atoms with van der Waals surface area (Å²) >= 11 is 0. The highest BCUT2D eigenvalue weighted by Crippen LogP contribution is 2.05. The van der Waals surface area contributed by atoms with E-state index in [4.69, 9.17) is 5.11 Å². The highest BCUT2D eigenvalue weighted by Gasteiger charge is 2.09. The van der Waals surface area contributed by atoms with Gasteiger partial charge in [-0.15, -0.1) is 0 Å². The number of carbonyl (C=O) groups is 1. The number of aliphatic carboxylic acids is 1. The van der Waals surface area contributed by atoms with Crippen LogP contribution in [0.2, 0.25) is 0 Å². The molecule has 70 valence electrons. The molecule has 0 aliphatic heterocycles. The number of hydrogen-bond donors (Lipinski definition) is 2. The van der Waals surface area contributed by atoms with E-state index in [2.05, 4.69) is 5.32 Å². The van der Waals surface area contributed by atoms with Crippen molar-refractivity contribution in [3.05, 3.63) is 11.6 Å². The Balaban J connectivity index is 4.35. The van der Waals surface area contributed by atoms with Crippen LogP contribution in [0.4, 0.5) is 0 Å². The van der Waals surface area contributed by atoms with Crippen molar-refractivity contribution >= 4 is 5.97 Å². The minimum Gasteiger partial charge on any atom is -0.478 e. The first-order valence-corrected chi connectivity index (χ1v) is 4.08. The molecule has 0 aromatic rings. The fourth-order valence-electron chi connectivity index (χ4n) is 0.950. The monoisotopic (exact) mass is 171 g/mol. The maximum atomic E-state index is 10.5. The van der Waals surface area contributed by atoms with Crippen LogP contribution in [0.3, 0.4) is 0 Å². The fraction of sp³-hybridized carbons (Fsp3) is 0.667. The molecule has 0 fully saturated rings. The van der Waals surface area contributed by atoms with Gasteiger partial charge in [0, 0.05) is 11.6 Å². The normalized spacial score (nSPS) is 14.9. The van der Waals surface area contributed by atoms with Gasteiger partial charge in [-0.05, 0) is 19.9 Å². The van der Waals surface area contributed by atoms with Crippen molar-refractivity contribution in [1.29, 1.82) is 0 Å². The van der Waals surface area contributed by atoms with Gasteiger partial charge in [-0.25, -0.2) is 4.79 Å². The summed E-state index contributed by atoms with van der Waals surface area (Å²) in [5.41, 5.74) is 0.392. The van der Waals surface area contributed by atoms with Gasteiger partial charge in [0.1, 0.15) is 0 Å². The zero-order valence-electron chi connectivity index (χ0n) is 8.09. The van der Waals surface area contributed by atoms with E-state index < -0.39 is 5.97 Å². The number of rotatable bonds is 4. The van der Waals surface area contributed by atoms with Crippen LogP contribution >= 0.6 is 0 Å². The van der Waals surface area contributed by atoms with Gasteiger partial charge >= 0.3 is 5.97 Å². The Morgan fingerprint density at radius 2 is 2.00 bits per heavy atom. The van der Waals surface area contributed by atoms with Gasteiger partial charge in [-0.1, -0.05) is 19.9 Å². The molecule has 0 unspecified atom stereocenters. The predicted octanol–water partition coefficient (Wildman–Crippen LogP) is 1.26. The van der Waals surface area contributed by atoms with Crippen LogP contribution in [0.15, 0.2) is 11.6 Å².